The molecule has 3 aliphatic rings. The third-order valence-corrected chi connectivity index (χ3v) is 14.6. The van der Waals surface area contributed by atoms with E-state index >= 15 is 0 Å². The predicted octanol–water partition coefficient (Wildman–Crippen LogP) is 13.2. The maximum Gasteiger partial charge on any atom is 0.248 e. The van der Waals surface area contributed by atoms with Crippen LogP contribution in [0, 0.1) is 6.92 Å². The Bertz CT molecular complexity index is 2480. The quantitative estimate of drug-likeness (QED) is 0.164. The van der Waals surface area contributed by atoms with Crippen molar-refractivity contribution in [2.24, 2.45) is 0 Å². The molecule has 0 N–H and O–H groups in total. The van der Waals surface area contributed by atoms with Crippen molar-refractivity contribution in [2.45, 2.75) is 162 Å². The Morgan fingerprint density at radius 3 is 1.61 bits per heavy atom. The largest absolute Gasteiger partial charge is 0.457 e. The summed E-state index contributed by atoms with van der Waals surface area (Å²) in [6.45, 7) is 35.8. The summed E-state index contributed by atoms with van der Waals surface area (Å²) in [6, 6.07) is 24.2. The van der Waals surface area contributed by atoms with Crippen LogP contribution in [0.3, 0.4) is 0 Å². The summed E-state index contributed by atoms with van der Waals surface area (Å²) in [5, 5.41) is 1.25. The Morgan fingerprint density at radius 2 is 1.05 bits per heavy atom. The molecule has 1 aliphatic heterocycles. The summed E-state index contributed by atoms with van der Waals surface area (Å²) in [5.41, 5.74) is 19.4. The molecule has 0 amide bonds. The molecule has 2 heteroatoms. The van der Waals surface area contributed by atoms with Crippen molar-refractivity contribution >= 4 is 58.4 Å². The van der Waals surface area contributed by atoms with Gasteiger partial charge in [-0.3, -0.25) is 0 Å². The fourth-order valence-corrected chi connectivity index (χ4v) is 10.4. The third kappa shape index (κ3) is 6.82. The minimum Gasteiger partial charge on any atom is -0.457 e. The highest BCUT2D eigenvalue weighted by molar-refractivity contribution is 6.98. The van der Waals surface area contributed by atoms with Crippen LogP contribution in [0.5, 0.6) is 0 Å². The molecule has 0 bridgehead atoms. The van der Waals surface area contributed by atoms with Gasteiger partial charge in [0.15, 0.2) is 0 Å². The van der Waals surface area contributed by atoms with Gasteiger partial charge in [0.25, 0.3) is 0 Å². The summed E-state index contributed by atoms with van der Waals surface area (Å²) in [6.07, 6.45) is 14.1. The lowest BCUT2D eigenvalue weighted by Crippen LogP contribution is -2.55. The summed E-state index contributed by atoms with van der Waals surface area (Å²) in [4.78, 5) is 0. The van der Waals surface area contributed by atoms with E-state index in [1.54, 1.807) is 0 Å². The molecule has 0 atom stereocenters. The molecule has 1 aromatic heterocycles. The molecular weight excluding hydrogens is 687 g/mol. The predicted molar refractivity (Wildman–Crippen MR) is 251 cm³/mol. The van der Waals surface area contributed by atoms with E-state index in [2.05, 4.69) is 189 Å². The second kappa shape index (κ2) is 13.0. The lowest BCUT2D eigenvalue weighted by molar-refractivity contribution is 0.332. The van der Waals surface area contributed by atoms with Gasteiger partial charge < -0.3 is 4.42 Å². The fourth-order valence-electron chi connectivity index (χ4n) is 10.4. The second-order valence-electron chi connectivity index (χ2n) is 22.9. The molecule has 1 nitrogen and oxygen atoms in total. The van der Waals surface area contributed by atoms with E-state index in [1.165, 1.54) is 103 Å². The standard InChI is InChI=1S/C55H67BO/c1-34-28-39(51(5,6)7)29-37-20-19-36-30-41-43(54(12,13)26-24-52(41,8)9)32-45(36)56(48(34)37)49-40-31-42-44(55(14,15)27-25-53(42,10)11)33-47(40)57-46(49)23-18-35-16-21-38(22-17-35)50(2,3)4/h16-23,28-33H,24-27H2,1-15H3/b23-18-. The van der Waals surface area contributed by atoms with E-state index in [9.17, 15) is 0 Å². The molecule has 0 fully saturated rings. The molecule has 0 radical (unpaired) electrons. The van der Waals surface area contributed by atoms with Crippen LogP contribution < -0.4 is 16.4 Å². The van der Waals surface area contributed by atoms with E-state index in [1.807, 2.05) is 0 Å². The Kier molecular flexibility index (Phi) is 9.06. The number of rotatable bonds is 3. The number of aryl methyl sites for hydroxylation is 1. The zero-order valence-electron chi connectivity index (χ0n) is 37.9. The highest BCUT2D eigenvalue weighted by Gasteiger charge is 2.43. The first-order valence-electron chi connectivity index (χ1n) is 21.8. The average Bonchev–Trinajstić information content (AvgIpc) is 3.38. The van der Waals surface area contributed by atoms with Gasteiger partial charge in [-0.1, -0.05) is 180 Å². The van der Waals surface area contributed by atoms with Gasteiger partial charge in [-0.2, -0.15) is 0 Å². The van der Waals surface area contributed by atoms with E-state index in [4.69, 9.17) is 4.42 Å². The minimum atomic E-state index is -0.0212. The van der Waals surface area contributed by atoms with Crippen LogP contribution in [0.15, 0.2) is 65.1 Å². The topological polar surface area (TPSA) is 13.1 Å². The maximum absolute atomic E-state index is 7.25. The Hall–Kier alpha value is -4.04. The van der Waals surface area contributed by atoms with Crippen LogP contribution >= 0.6 is 0 Å². The van der Waals surface area contributed by atoms with Gasteiger partial charge >= 0.3 is 0 Å². The molecule has 5 aromatic rings. The summed E-state index contributed by atoms with van der Waals surface area (Å²) < 4.78 is 7.25. The molecule has 2 aliphatic carbocycles. The Morgan fingerprint density at radius 1 is 0.544 bits per heavy atom. The number of hydrogen-bond donors (Lipinski definition) is 0. The van der Waals surface area contributed by atoms with Crippen molar-refractivity contribution in [3.8, 4) is 0 Å². The monoisotopic (exact) mass is 755 g/mol. The molecule has 0 unspecified atom stereocenters. The van der Waals surface area contributed by atoms with Gasteiger partial charge in [0, 0.05) is 5.39 Å². The molecule has 0 spiro atoms. The van der Waals surface area contributed by atoms with Gasteiger partial charge in [-0.05, 0) is 139 Å². The van der Waals surface area contributed by atoms with Crippen molar-refractivity contribution in [3.63, 3.8) is 0 Å². The van der Waals surface area contributed by atoms with E-state index in [0.717, 1.165) is 11.3 Å². The fraction of sp³-hybridized carbons (Fsp3) is 0.455. The lowest BCUT2D eigenvalue weighted by atomic mass is 9.34. The highest BCUT2D eigenvalue weighted by Crippen LogP contribution is 2.48. The molecular formula is C55H67BO. The van der Waals surface area contributed by atoms with Gasteiger partial charge in [0.2, 0.25) is 6.71 Å². The summed E-state index contributed by atoms with van der Waals surface area (Å²) in [7, 11) is 0. The maximum atomic E-state index is 7.25. The first kappa shape index (κ1) is 39.8. The normalized spacial score (nSPS) is 19.2. The smallest absolute Gasteiger partial charge is 0.248 e. The average molecular weight is 755 g/mol. The summed E-state index contributed by atoms with van der Waals surface area (Å²) in [5.74, 6) is 0.961. The van der Waals surface area contributed by atoms with Crippen molar-refractivity contribution < 1.29 is 4.42 Å². The molecule has 0 saturated carbocycles. The summed E-state index contributed by atoms with van der Waals surface area (Å²) >= 11 is 0. The highest BCUT2D eigenvalue weighted by atomic mass is 16.3. The van der Waals surface area contributed by atoms with Gasteiger partial charge in [-0.15, -0.1) is 0 Å². The van der Waals surface area contributed by atoms with Crippen LogP contribution in [-0.2, 0) is 32.5 Å². The SMILES string of the molecule is Cc1cc(C(C)(C)C)cc2c1B(c1c(/C=C\c3ccc(C(C)(C)C)cc3)oc3cc4c(cc13)C(C)(C)CCC4(C)C)c1cc3c(cc1C=C2)C(C)(C)CCC3(C)C. The number of benzene rings is 4. The zero-order chi connectivity index (χ0) is 41.2. The lowest BCUT2D eigenvalue weighted by Gasteiger charge is -2.42. The van der Waals surface area contributed by atoms with Crippen LogP contribution in [0.1, 0.15) is 184 Å². The van der Waals surface area contributed by atoms with Crippen LogP contribution in [0.4, 0.5) is 0 Å². The second-order valence-corrected chi connectivity index (χ2v) is 22.9. The first-order chi connectivity index (χ1) is 26.4. The van der Waals surface area contributed by atoms with Gasteiger partial charge in [0.05, 0.1) is 0 Å². The van der Waals surface area contributed by atoms with Crippen LogP contribution in [0.25, 0.3) is 35.3 Å². The van der Waals surface area contributed by atoms with Gasteiger partial charge in [0.1, 0.15) is 11.3 Å². The van der Waals surface area contributed by atoms with Crippen molar-refractivity contribution in [2.75, 3.05) is 0 Å². The number of hydrogen-bond acceptors (Lipinski definition) is 1. The number of furan rings is 1. The number of fused-ring (bicyclic) bond motifs is 5. The van der Waals surface area contributed by atoms with Gasteiger partial charge in [-0.25, -0.2) is 0 Å². The Balaban J connectivity index is 1.47. The van der Waals surface area contributed by atoms with Crippen molar-refractivity contribution in [1.29, 1.82) is 0 Å². The molecule has 8 rings (SSSR count). The molecule has 0 saturated heterocycles. The van der Waals surface area contributed by atoms with Crippen LogP contribution in [-0.4, -0.2) is 6.71 Å². The van der Waals surface area contributed by atoms with Crippen LogP contribution in [0.2, 0.25) is 0 Å². The molecule has 57 heavy (non-hydrogen) atoms. The van der Waals surface area contributed by atoms with E-state index < -0.39 is 0 Å². The van der Waals surface area contributed by atoms with Crippen molar-refractivity contribution in [3.05, 3.63) is 122 Å². The molecule has 4 aromatic carbocycles. The van der Waals surface area contributed by atoms with Crippen molar-refractivity contribution in [1.82, 2.24) is 0 Å². The zero-order valence-corrected chi connectivity index (χ0v) is 37.9. The molecule has 296 valence electrons. The van der Waals surface area contributed by atoms with E-state index in [-0.39, 0.29) is 39.2 Å². The minimum absolute atomic E-state index is 0.0212. The first-order valence-corrected chi connectivity index (χ1v) is 21.8. The Labute approximate surface area is 345 Å². The third-order valence-electron chi connectivity index (χ3n) is 14.6. The molecule has 2 heterocycles. The van der Waals surface area contributed by atoms with E-state index in [0.29, 0.717) is 0 Å².